The van der Waals surface area contributed by atoms with E-state index >= 15 is 0 Å². The van der Waals surface area contributed by atoms with E-state index in [4.69, 9.17) is 61.6 Å². The molecular weight excluding hydrogens is 961 g/mol. The number of carbonyl (C=O) groups is 2. The highest BCUT2D eigenvalue weighted by Gasteiger charge is 2.77. The maximum absolute atomic E-state index is 13.6. The molecule has 0 unspecified atom stereocenters. The van der Waals surface area contributed by atoms with Crippen molar-refractivity contribution in [2.45, 2.75) is 262 Å². The molecule has 3 N–H and O–H groups in total. The minimum atomic E-state index is -1.66. The van der Waals surface area contributed by atoms with Gasteiger partial charge in [-0.1, -0.05) is 44.9 Å². The van der Waals surface area contributed by atoms with Crippen molar-refractivity contribution in [3.8, 4) is 0 Å². The summed E-state index contributed by atoms with van der Waals surface area (Å²) in [4.78, 5) is 26.8. The molecule has 0 amide bonds. The molecule has 422 valence electrons. The van der Waals surface area contributed by atoms with E-state index in [2.05, 4.69) is 13.0 Å². The lowest BCUT2D eigenvalue weighted by Gasteiger charge is -2.66. The topological polar surface area (TPSA) is 215 Å². The summed E-state index contributed by atoms with van der Waals surface area (Å²) in [6.07, 6.45) is -0.519. The van der Waals surface area contributed by atoms with Crippen molar-refractivity contribution in [2.75, 3.05) is 28.4 Å². The van der Waals surface area contributed by atoms with Crippen LogP contribution in [0.1, 0.15) is 140 Å². The van der Waals surface area contributed by atoms with Gasteiger partial charge in [0.1, 0.15) is 47.5 Å². The first-order valence-corrected chi connectivity index (χ1v) is 27.5. The maximum atomic E-state index is 13.6. The van der Waals surface area contributed by atoms with Crippen molar-refractivity contribution in [3.05, 3.63) is 23.3 Å². The Morgan fingerprint density at radius 3 is 1.62 bits per heavy atom. The fraction of sp³-hybridized carbons (Fsp3) is 0.893. The standard InChI is InChI=1S/C56H90O18/c1-28(2)29(3)21-44(58)71-43-27-42-53(9)18-16-36(22-35(53)15-19-55(42,60)56(61)20-17-37(30(4)57)54(43,56)10)70-45-24-39(63-12)50(32(6)67-45)73-47-26-41(65-14)52(34(8)69-47)74-48-25-40(64-13)51(33(7)68-48)72-46-23-38(62-11)49(59)31(5)66-46/h15,21,28,31-34,36-43,45-52,59-61H,16-20,22-27H2,1-14H3/b29-21+/t31-,32+,33+,34+,36-,37+,38+,39-,40+,41-,42+,43+,45-,46-,47-,48-,49-,50+,51+,52+,53-,54-,55-,56+/m0/s1. The molecule has 3 saturated carbocycles. The smallest absolute Gasteiger partial charge is 0.330 e. The number of aliphatic hydroxyl groups is 3. The predicted octanol–water partition coefficient (Wildman–Crippen LogP) is 6.01. The molecule has 0 aromatic carbocycles. The zero-order chi connectivity index (χ0) is 53.8. The quantitative estimate of drug-likeness (QED) is 0.0917. The van der Waals surface area contributed by atoms with Gasteiger partial charge in [0.25, 0.3) is 0 Å². The number of carbonyl (C=O) groups excluding carboxylic acids is 2. The van der Waals surface area contributed by atoms with Gasteiger partial charge in [-0.05, 0) is 97.8 Å². The van der Waals surface area contributed by atoms with Crippen molar-refractivity contribution in [1.82, 2.24) is 0 Å². The molecule has 74 heavy (non-hydrogen) atoms. The molecule has 7 fully saturated rings. The number of fused-ring (bicyclic) bond motifs is 5. The van der Waals surface area contributed by atoms with E-state index in [1.165, 1.54) is 13.0 Å². The third-order valence-corrected chi connectivity index (χ3v) is 19.4. The van der Waals surface area contributed by atoms with Crippen LogP contribution in [-0.2, 0) is 71.2 Å². The van der Waals surface area contributed by atoms with Gasteiger partial charge in [-0.3, -0.25) is 4.79 Å². The second-order valence-corrected chi connectivity index (χ2v) is 23.8. The van der Waals surface area contributed by atoms with Crippen LogP contribution < -0.4 is 0 Å². The number of methoxy groups -OCH3 is 4. The van der Waals surface area contributed by atoms with Crippen LogP contribution in [0.5, 0.6) is 0 Å². The molecule has 18 heteroatoms. The molecule has 4 aliphatic heterocycles. The second kappa shape index (κ2) is 23.0. The van der Waals surface area contributed by atoms with E-state index in [-0.39, 0.29) is 49.0 Å². The number of hydrogen-bond donors (Lipinski definition) is 3. The lowest BCUT2D eigenvalue weighted by molar-refractivity contribution is -0.347. The normalized spacial score (nSPS) is 48.8. The zero-order valence-electron chi connectivity index (χ0n) is 46.5. The van der Waals surface area contributed by atoms with Crippen LogP contribution in [0.2, 0.25) is 0 Å². The Morgan fingerprint density at radius 2 is 1.15 bits per heavy atom. The van der Waals surface area contributed by atoms with Crippen LogP contribution in [0.4, 0.5) is 0 Å². The first-order valence-electron chi connectivity index (χ1n) is 27.5. The molecule has 0 aromatic heterocycles. The van der Waals surface area contributed by atoms with E-state index in [1.54, 1.807) is 35.4 Å². The number of ether oxygens (including phenoxy) is 13. The van der Waals surface area contributed by atoms with Crippen LogP contribution in [0, 0.1) is 28.6 Å². The summed E-state index contributed by atoms with van der Waals surface area (Å²) >= 11 is 0. The van der Waals surface area contributed by atoms with E-state index in [1.807, 2.05) is 48.5 Å². The highest BCUT2D eigenvalue weighted by molar-refractivity contribution is 5.83. The monoisotopic (exact) mass is 1050 g/mol. The minimum Gasteiger partial charge on any atom is -0.458 e. The second-order valence-electron chi connectivity index (χ2n) is 23.8. The number of aliphatic hydroxyl groups excluding tert-OH is 1. The molecule has 8 rings (SSSR count). The Morgan fingerprint density at radius 1 is 0.676 bits per heavy atom. The van der Waals surface area contributed by atoms with Crippen LogP contribution in [0.15, 0.2) is 23.3 Å². The highest BCUT2D eigenvalue weighted by atomic mass is 16.8. The molecule has 8 aliphatic rings. The average Bonchev–Trinajstić information content (AvgIpc) is 3.65. The maximum Gasteiger partial charge on any atom is 0.330 e. The summed E-state index contributed by atoms with van der Waals surface area (Å²) < 4.78 is 81.8. The summed E-state index contributed by atoms with van der Waals surface area (Å²) in [5.41, 5.74) is -2.87. The summed E-state index contributed by atoms with van der Waals surface area (Å²) in [5.74, 6) is -1.42. The molecule has 4 heterocycles. The number of ketones is 1. The summed E-state index contributed by atoms with van der Waals surface area (Å²) in [6, 6.07) is 0. The first-order chi connectivity index (χ1) is 34.9. The Kier molecular flexibility index (Phi) is 18.1. The summed E-state index contributed by atoms with van der Waals surface area (Å²) in [7, 11) is 6.52. The predicted molar refractivity (Wildman–Crippen MR) is 267 cm³/mol. The third-order valence-electron chi connectivity index (χ3n) is 19.4. The van der Waals surface area contributed by atoms with Gasteiger partial charge in [-0.2, -0.15) is 0 Å². The number of esters is 1. The largest absolute Gasteiger partial charge is 0.458 e. The molecule has 4 saturated heterocycles. The van der Waals surface area contributed by atoms with E-state index in [9.17, 15) is 24.9 Å². The Bertz CT molecular complexity index is 2020. The highest BCUT2D eigenvalue weighted by Crippen LogP contribution is 2.70. The third kappa shape index (κ3) is 10.8. The Hall–Kier alpha value is -1.98. The van der Waals surface area contributed by atoms with Crippen molar-refractivity contribution in [2.24, 2.45) is 28.6 Å². The van der Waals surface area contributed by atoms with E-state index < -0.39 is 126 Å². The molecule has 18 nitrogen and oxygen atoms in total. The molecule has 0 spiro atoms. The SMILES string of the molecule is CO[C@H]1C[C@H](O[C@H]2CC[C@@]3(C)C(=CC[C@]4(O)[C@@H]3C[C@@H](OC(=O)/C=C(\C)C(C)C)[C@]3(C)[C@@H](C(C)=O)CC[C@@]34O)C2)O[C@H](C)[C@H]1O[C@H]1C[C@H](OC)[C@H](O[C@H]2C[C@@H](OC)[C@H](O[C@H]3C[C@@H](OC)[C@@H](O)[C@H](C)O3)[C@@H](C)O2)[C@@H](C)O1. The van der Waals surface area contributed by atoms with Gasteiger partial charge in [-0.25, -0.2) is 4.79 Å². The van der Waals surface area contributed by atoms with Crippen LogP contribution in [-0.4, -0.2) is 177 Å². The fourth-order valence-electron chi connectivity index (χ4n) is 14.7. The summed E-state index contributed by atoms with van der Waals surface area (Å²) in [5, 5.41) is 36.3. The first kappa shape index (κ1) is 58.2. The van der Waals surface area contributed by atoms with E-state index in [0.29, 0.717) is 57.8 Å². The molecule has 0 bridgehead atoms. The Labute approximate surface area is 439 Å². The van der Waals surface area contributed by atoms with Gasteiger partial charge in [0, 0.05) is 77.4 Å². The molecule has 0 aromatic rings. The van der Waals surface area contributed by atoms with E-state index in [0.717, 1.165) is 11.1 Å². The minimum absolute atomic E-state index is 0.0737. The van der Waals surface area contributed by atoms with Crippen molar-refractivity contribution in [3.63, 3.8) is 0 Å². The fourth-order valence-corrected chi connectivity index (χ4v) is 14.7. The van der Waals surface area contributed by atoms with Gasteiger partial charge in [0.15, 0.2) is 25.2 Å². The average molecular weight is 1050 g/mol. The van der Waals surface area contributed by atoms with Crippen LogP contribution >= 0.6 is 0 Å². The number of rotatable bonds is 16. The van der Waals surface area contributed by atoms with Gasteiger partial charge in [-0.15, -0.1) is 0 Å². The van der Waals surface area contributed by atoms with Gasteiger partial charge in [0.05, 0.1) is 54.9 Å². The number of allylic oxidation sites excluding steroid dienone is 1. The van der Waals surface area contributed by atoms with Gasteiger partial charge < -0.3 is 76.9 Å². The zero-order valence-corrected chi connectivity index (χ0v) is 46.5. The van der Waals surface area contributed by atoms with Gasteiger partial charge in [0.2, 0.25) is 0 Å². The number of hydrogen-bond acceptors (Lipinski definition) is 18. The lowest BCUT2D eigenvalue weighted by Crippen LogP contribution is -2.75. The molecule has 24 atom stereocenters. The Balaban J connectivity index is 0.869. The molecular formula is C56H90O18. The molecule has 0 radical (unpaired) electrons. The van der Waals surface area contributed by atoms with Crippen LogP contribution in [0.25, 0.3) is 0 Å². The number of Topliss-reactive ketones (excluding diaryl/α,β-unsaturated/α-hetero) is 1. The van der Waals surface area contributed by atoms with Crippen LogP contribution in [0.3, 0.4) is 0 Å². The van der Waals surface area contributed by atoms with Crippen molar-refractivity contribution < 1.29 is 86.5 Å². The summed E-state index contributed by atoms with van der Waals surface area (Å²) in [6.45, 7) is 19.1. The lowest BCUT2D eigenvalue weighted by atomic mass is 9.43. The van der Waals surface area contributed by atoms with Crippen molar-refractivity contribution >= 4 is 11.8 Å². The van der Waals surface area contributed by atoms with Crippen molar-refractivity contribution in [1.29, 1.82) is 0 Å². The van der Waals surface area contributed by atoms with Gasteiger partial charge >= 0.3 is 5.97 Å². The molecule has 4 aliphatic carbocycles.